The molecule has 3 N–H and O–H groups in total. The van der Waals surface area contributed by atoms with Gasteiger partial charge in [0.15, 0.2) is 5.96 Å². The van der Waals surface area contributed by atoms with E-state index >= 15 is 0 Å². The Morgan fingerprint density at radius 1 is 1.40 bits per heavy atom. The maximum absolute atomic E-state index is 14.0. The molecule has 1 heterocycles. The molecule has 1 aromatic rings. The highest BCUT2D eigenvalue weighted by atomic mass is 19.1. The van der Waals surface area contributed by atoms with E-state index in [0.29, 0.717) is 37.8 Å². The monoisotopic (exact) mass is 352 g/mol. The molecule has 2 rings (SSSR count). The number of aliphatic hydroxyl groups excluding tert-OH is 1. The van der Waals surface area contributed by atoms with Crippen LogP contribution in [0.25, 0.3) is 0 Å². The lowest BCUT2D eigenvalue weighted by Crippen LogP contribution is -2.44. The van der Waals surface area contributed by atoms with E-state index in [9.17, 15) is 9.50 Å². The predicted octanol–water partition coefficient (Wildman–Crippen LogP) is 1.35. The summed E-state index contributed by atoms with van der Waals surface area (Å²) in [5.74, 6) is 0.415. The van der Waals surface area contributed by atoms with Crippen molar-refractivity contribution < 1.29 is 14.2 Å². The van der Waals surface area contributed by atoms with Gasteiger partial charge in [0.1, 0.15) is 5.82 Å². The van der Waals surface area contributed by atoms with Crippen LogP contribution in [0.1, 0.15) is 18.4 Å². The fourth-order valence-corrected chi connectivity index (χ4v) is 3.01. The first-order valence-electron chi connectivity index (χ1n) is 8.58. The molecule has 0 amide bonds. The number of benzene rings is 1. The molecule has 1 unspecified atom stereocenters. The molecule has 1 aliphatic rings. The lowest BCUT2D eigenvalue weighted by atomic mass is 9.84. The van der Waals surface area contributed by atoms with Crippen LogP contribution in [-0.2, 0) is 11.3 Å². The largest absolute Gasteiger partial charge is 0.396 e. The van der Waals surface area contributed by atoms with Gasteiger partial charge in [-0.3, -0.25) is 4.99 Å². The van der Waals surface area contributed by atoms with Crippen molar-refractivity contribution in [3.63, 3.8) is 0 Å². The Bertz CT molecular complexity index is 586. The highest BCUT2D eigenvalue weighted by Crippen LogP contribution is 2.31. The van der Waals surface area contributed by atoms with Crippen molar-refractivity contribution in [1.82, 2.24) is 10.6 Å². The maximum atomic E-state index is 14.0. The number of rotatable bonds is 7. The Morgan fingerprint density at radius 2 is 2.20 bits per heavy atom. The number of hydrogen-bond acceptors (Lipinski definition) is 4. The molecule has 0 aromatic heterocycles. The number of ether oxygens (including phenoxy) is 1. The van der Waals surface area contributed by atoms with E-state index in [0.717, 1.165) is 18.6 Å². The van der Waals surface area contributed by atoms with Crippen LogP contribution >= 0.6 is 0 Å². The Labute approximate surface area is 149 Å². The third-order valence-electron chi connectivity index (χ3n) is 4.64. The van der Waals surface area contributed by atoms with Crippen molar-refractivity contribution in [3.8, 4) is 0 Å². The van der Waals surface area contributed by atoms with E-state index in [4.69, 9.17) is 4.74 Å². The molecule has 1 fully saturated rings. The average molecular weight is 352 g/mol. The minimum absolute atomic E-state index is 0.0498. The van der Waals surface area contributed by atoms with Crippen LogP contribution in [0.3, 0.4) is 0 Å². The highest BCUT2D eigenvalue weighted by molar-refractivity contribution is 5.79. The number of hydrogen-bond donors (Lipinski definition) is 3. The summed E-state index contributed by atoms with van der Waals surface area (Å²) >= 11 is 0. The fourth-order valence-electron chi connectivity index (χ4n) is 3.01. The number of anilines is 1. The first-order chi connectivity index (χ1) is 12.0. The molecule has 0 radical (unpaired) electrons. The maximum Gasteiger partial charge on any atom is 0.191 e. The van der Waals surface area contributed by atoms with E-state index in [-0.39, 0.29) is 17.8 Å². The third-order valence-corrected chi connectivity index (χ3v) is 4.64. The number of nitrogens with one attached hydrogen (secondary N) is 2. The molecular weight excluding hydrogens is 323 g/mol. The van der Waals surface area contributed by atoms with E-state index in [1.165, 1.54) is 6.07 Å². The zero-order chi connectivity index (χ0) is 18.3. The lowest BCUT2D eigenvalue weighted by Gasteiger charge is -2.27. The minimum atomic E-state index is -0.239. The second-order valence-corrected chi connectivity index (χ2v) is 6.74. The SMILES string of the molecule is CN=C(NCc1ccc(N(C)C)c(F)c1)NCC1(CCO)CCOC1. The van der Waals surface area contributed by atoms with E-state index in [1.54, 1.807) is 18.0 Å². The number of nitrogens with zero attached hydrogens (tertiary/aromatic N) is 2. The molecule has 0 saturated carbocycles. The standard InChI is InChI=1S/C18H29FN4O2/c1-20-17(22-12-18(6-8-24)7-9-25-13-18)21-11-14-4-5-16(23(2)3)15(19)10-14/h4-5,10,24H,6-9,11-13H2,1-3H3,(H2,20,21,22). The Kier molecular flexibility index (Phi) is 7.01. The summed E-state index contributed by atoms with van der Waals surface area (Å²) in [6.45, 7) is 2.68. The van der Waals surface area contributed by atoms with E-state index in [2.05, 4.69) is 15.6 Å². The second-order valence-electron chi connectivity index (χ2n) is 6.74. The van der Waals surface area contributed by atoms with Crippen LogP contribution in [0.5, 0.6) is 0 Å². The van der Waals surface area contributed by atoms with Gasteiger partial charge < -0.3 is 25.4 Å². The van der Waals surface area contributed by atoms with Crippen LogP contribution in [0.4, 0.5) is 10.1 Å². The van der Waals surface area contributed by atoms with Gasteiger partial charge in [-0.15, -0.1) is 0 Å². The van der Waals surface area contributed by atoms with Crippen LogP contribution in [0.2, 0.25) is 0 Å². The number of aliphatic imine (C=N–C) groups is 1. The summed E-state index contributed by atoms with van der Waals surface area (Å²) in [5.41, 5.74) is 1.37. The van der Waals surface area contributed by atoms with Crippen molar-refractivity contribution in [3.05, 3.63) is 29.6 Å². The van der Waals surface area contributed by atoms with E-state index in [1.807, 2.05) is 20.2 Å². The number of halogens is 1. The highest BCUT2D eigenvalue weighted by Gasteiger charge is 2.34. The molecule has 140 valence electrons. The van der Waals surface area contributed by atoms with Gasteiger partial charge in [0.2, 0.25) is 0 Å². The molecule has 0 spiro atoms. The lowest BCUT2D eigenvalue weighted by molar-refractivity contribution is 0.127. The first kappa shape index (κ1) is 19.5. The van der Waals surface area contributed by atoms with Crippen molar-refractivity contribution in [2.45, 2.75) is 19.4 Å². The summed E-state index contributed by atoms with van der Waals surface area (Å²) in [5, 5.41) is 15.8. The van der Waals surface area contributed by atoms with Gasteiger partial charge in [0.25, 0.3) is 0 Å². The molecule has 6 nitrogen and oxygen atoms in total. The molecule has 1 atom stereocenters. The first-order valence-corrected chi connectivity index (χ1v) is 8.58. The summed E-state index contributed by atoms with van der Waals surface area (Å²) < 4.78 is 19.5. The minimum Gasteiger partial charge on any atom is -0.396 e. The van der Waals surface area contributed by atoms with Gasteiger partial charge >= 0.3 is 0 Å². The van der Waals surface area contributed by atoms with Crippen molar-refractivity contribution >= 4 is 11.6 Å². The molecule has 1 saturated heterocycles. The molecule has 7 heteroatoms. The molecular formula is C18H29FN4O2. The molecule has 0 bridgehead atoms. The zero-order valence-electron chi connectivity index (χ0n) is 15.3. The van der Waals surface area contributed by atoms with Gasteiger partial charge in [-0.25, -0.2) is 4.39 Å². The normalized spacial score (nSPS) is 20.6. The average Bonchev–Trinajstić information content (AvgIpc) is 3.04. The van der Waals surface area contributed by atoms with Gasteiger partial charge in [0.05, 0.1) is 12.3 Å². The molecule has 1 aliphatic heterocycles. The quantitative estimate of drug-likeness (QED) is 0.510. The number of guanidine groups is 1. The Morgan fingerprint density at radius 3 is 2.76 bits per heavy atom. The topological polar surface area (TPSA) is 69.1 Å². The molecule has 0 aliphatic carbocycles. The van der Waals surface area contributed by atoms with Crippen LogP contribution in [0, 0.1) is 11.2 Å². The van der Waals surface area contributed by atoms with Crippen LogP contribution in [0.15, 0.2) is 23.2 Å². The van der Waals surface area contributed by atoms with Crippen molar-refractivity contribution in [2.24, 2.45) is 10.4 Å². The molecule has 1 aromatic carbocycles. The molecule has 25 heavy (non-hydrogen) atoms. The summed E-state index contributed by atoms with van der Waals surface area (Å²) in [4.78, 5) is 5.96. The van der Waals surface area contributed by atoms with Gasteiger partial charge in [0, 0.05) is 52.9 Å². The van der Waals surface area contributed by atoms with Crippen LogP contribution < -0.4 is 15.5 Å². The van der Waals surface area contributed by atoms with E-state index < -0.39 is 0 Å². The van der Waals surface area contributed by atoms with Crippen molar-refractivity contribution in [1.29, 1.82) is 0 Å². The smallest absolute Gasteiger partial charge is 0.191 e. The number of aliphatic hydroxyl groups is 1. The summed E-state index contributed by atoms with van der Waals surface area (Å²) in [6.07, 6.45) is 1.63. The predicted molar refractivity (Wildman–Crippen MR) is 98.5 cm³/mol. The van der Waals surface area contributed by atoms with Gasteiger partial charge in [-0.2, -0.15) is 0 Å². The fraction of sp³-hybridized carbons (Fsp3) is 0.611. The summed E-state index contributed by atoms with van der Waals surface area (Å²) in [7, 11) is 5.34. The van der Waals surface area contributed by atoms with Crippen LogP contribution in [-0.4, -0.2) is 58.6 Å². The van der Waals surface area contributed by atoms with Gasteiger partial charge in [-0.1, -0.05) is 6.07 Å². The van der Waals surface area contributed by atoms with Gasteiger partial charge in [-0.05, 0) is 30.5 Å². The third kappa shape index (κ3) is 5.31. The Hall–Kier alpha value is -1.86. The van der Waals surface area contributed by atoms with Crippen molar-refractivity contribution in [2.75, 3.05) is 52.4 Å². The second kappa shape index (κ2) is 9.01. The zero-order valence-corrected chi connectivity index (χ0v) is 15.3. The summed E-state index contributed by atoms with van der Waals surface area (Å²) in [6, 6.07) is 5.21. The Balaban J connectivity index is 1.89.